The third kappa shape index (κ3) is 6.26. The normalized spacial score (nSPS) is 31.4. The standard InChI is InChI=1S/C30H34O16/c1-11(32)42-10-19-23(36)24(37)26(39)29(44-19)21-17(45-30-27(40)25(38)22(35)18(9-31)46-30)8-15(34)20-14(33)7-16(43-28(20)21)12-3-5-13(41-2)6-4-12/h3-8,18-19,22-27,29-31,34-40H,9-10H2,1-2H3. The van der Waals surface area contributed by atoms with Gasteiger partial charge in [-0.25, -0.2) is 0 Å². The van der Waals surface area contributed by atoms with Gasteiger partial charge >= 0.3 is 5.97 Å². The molecule has 8 N–H and O–H groups in total. The van der Waals surface area contributed by atoms with Crippen LogP contribution in [0.2, 0.25) is 0 Å². The zero-order valence-corrected chi connectivity index (χ0v) is 24.5. The molecular formula is C30H34O16. The first-order chi connectivity index (χ1) is 21.9. The van der Waals surface area contributed by atoms with Gasteiger partial charge in [0.15, 0.2) is 11.0 Å². The smallest absolute Gasteiger partial charge is 0.302 e. The highest BCUT2D eigenvalue weighted by atomic mass is 16.7. The van der Waals surface area contributed by atoms with Crippen LogP contribution in [0.5, 0.6) is 17.2 Å². The molecule has 2 aliphatic rings. The summed E-state index contributed by atoms with van der Waals surface area (Å²) in [5.41, 5.74) is -1.08. The van der Waals surface area contributed by atoms with Crippen molar-refractivity contribution in [1.82, 2.24) is 0 Å². The second-order valence-corrected chi connectivity index (χ2v) is 10.9. The van der Waals surface area contributed by atoms with Crippen LogP contribution < -0.4 is 14.9 Å². The quantitative estimate of drug-likeness (QED) is 0.128. The molecule has 0 bridgehead atoms. The molecule has 10 atom stereocenters. The Morgan fingerprint density at radius 1 is 0.870 bits per heavy atom. The molecule has 1 aromatic heterocycles. The Morgan fingerprint density at radius 2 is 1.52 bits per heavy atom. The Kier molecular flexibility index (Phi) is 9.83. The van der Waals surface area contributed by atoms with Crippen LogP contribution in [0, 0.1) is 0 Å². The molecule has 5 rings (SSSR count). The average Bonchev–Trinajstić information content (AvgIpc) is 3.03. The van der Waals surface area contributed by atoms with Crippen LogP contribution in [0.25, 0.3) is 22.3 Å². The largest absolute Gasteiger partial charge is 0.507 e. The highest BCUT2D eigenvalue weighted by Crippen LogP contribution is 2.45. The molecule has 46 heavy (non-hydrogen) atoms. The lowest BCUT2D eigenvalue weighted by molar-refractivity contribution is -0.278. The number of ether oxygens (including phenoxy) is 5. The maximum atomic E-state index is 13.4. The second kappa shape index (κ2) is 13.5. The number of hydrogen-bond donors (Lipinski definition) is 8. The van der Waals surface area contributed by atoms with Crippen molar-refractivity contribution in [2.24, 2.45) is 0 Å². The Morgan fingerprint density at radius 3 is 2.15 bits per heavy atom. The van der Waals surface area contributed by atoms with E-state index in [2.05, 4.69) is 0 Å². The number of carbonyl (C=O) groups excluding carboxylic acids is 1. The first-order valence-electron chi connectivity index (χ1n) is 14.1. The van der Waals surface area contributed by atoms with E-state index in [-0.39, 0.29) is 11.3 Å². The molecule has 0 saturated carbocycles. The SMILES string of the molecule is COc1ccc(-c2cc(=O)c3c(O)cc(OC4OC(CO)C(O)C(O)C4O)c(C4OC(COC(C)=O)C(O)C(O)C4O)c3o2)cc1. The predicted molar refractivity (Wildman–Crippen MR) is 153 cm³/mol. The fraction of sp³-hybridized carbons (Fsp3) is 0.467. The van der Waals surface area contributed by atoms with E-state index < -0.39 is 108 Å². The van der Waals surface area contributed by atoms with Gasteiger partial charge in [-0.3, -0.25) is 9.59 Å². The summed E-state index contributed by atoms with van der Waals surface area (Å²) in [4.78, 5) is 24.9. The number of carbonyl (C=O) groups is 1. The highest BCUT2D eigenvalue weighted by molar-refractivity contribution is 5.89. The first-order valence-corrected chi connectivity index (χ1v) is 14.1. The van der Waals surface area contributed by atoms with Crippen LogP contribution in [-0.2, 0) is 19.0 Å². The molecule has 3 heterocycles. The number of rotatable bonds is 8. The van der Waals surface area contributed by atoms with Crippen LogP contribution in [0.3, 0.4) is 0 Å². The van der Waals surface area contributed by atoms with E-state index in [4.69, 9.17) is 28.1 Å². The molecule has 0 spiro atoms. The maximum Gasteiger partial charge on any atom is 0.302 e. The van der Waals surface area contributed by atoms with Gasteiger partial charge in [0, 0.05) is 24.6 Å². The van der Waals surface area contributed by atoms with Crippen LogP contribution in [0.15, 0.2) is 45.6 Å². The summed E-state index contributed by atoms with van der Waals surface area (Å²) in [7, 11) is 1.47. The fourth-order valence-corrected chi connectivity index (χ4v) is 5.39. The van der Waals surface area contributed by atoms with E-state index in [0.29, 0.717) is 11.3 Å². The summed E-state index contributed by atoms with van der Waals surface area (Å²) in [5, 5.41) is 83.9. The summed E-state index contributed by atoms with van der Waals surface area (Å²) in [6, 6.07) is 8.38. The lowest BCUT2D eigenvalue weighted by atomic mass is 9.89. The van der Waals surface area contributed by atoms with E-state index in [1.807, 2.05) is 0 Å². The molecule has 16 heteroatoms. The van der Waals surface area contributed by atoms with Crippen molar-refractivity contribution < 1.29 is 73.7 Å². The molecule has 2 fully saturated rings. The number of fused-ring (bicyclic) bond motifs is 1. The minimum Gasteiger partial charge on any atom is -0.507 e. The number of hydrogen-bond acceptors (Lipinski definition) is 16. The minimum absolute atomic E-state index is 0.0202. The van der Waals surface area contributed by atoms with Gasteiger partial charge in [0.25, 0.3) is 0 Å². The number of phenols is 1. The highest BCUT2D eigenvalue weighted by Gasteiger charge is 2.49. The van der Waals surface area contributed by atoms with Crippen molar-refractivity contribution in [3.05, 3.63) is 52.2 Å². The van der Waals surface area contributed by atoms with Gasteiger partial charge in [-0.15, -0.1) is 0 Å². The molecule has 2 aromatic carbocycles. The maximum absolute atomic E-state index is 13.4. The molecule has 250 valence electrons. The summed E-state index contributed by atoms with van der Waals surface area (Å²) >= 11 is 0. The lowest BCUT2D eigenvalue weighted by Crippen LogP contribution is -2.60. The van der Waals surface area contributed by atoms with E-state index in [1.54, 1.807) is 24.3 Å². The summed E-state index contributed by atoms with van der Waals surface area (Å²) < 4.78 is 33.4. The van der Waals surface area contributed by atoms with E-state index >= 15 is 0 Å². The van der Waals surface area contributed by atoms with Gasteiger partial charge in [0.05, 0.1) is 19.3 Å². The van der Waals surface area contributed by atoms with Gasteiger partial charge in [0.2, 0.25) is 6.29 Å². The fourth-order valence-electron chi connectivity index (χ4n) is 5.39. The van der Waals surface area contributed by atoms with Crippen molar-refractivity contribution in [2.75, 3.05) is 20.3 Å². The van der Waals surface area contributed by atoms with Gasteiger partial charge in [-0.2, -0.15) is 0 Å². The zero-order chi connectivity index (χ0) is 33.4. The first kappa shape index (κ1) is 33.5. The topological polar surface area (TPSA) is 255 Å². The number of aliphatic hydroxyl groups is 7. The number of esters is 1. The molecular weight excluding hydrogens is 616 g/mol. The molecule has 0 aliphatic carbocycles. The number of phenolic OH excluding ortho intramolecular Hbond substituents is 1. The Bertz CT molecular complexity index is 1600. The van der Waals surface area contributed by atoms with Gasteiger partial charge in [0.1, 0.15) is 89.9 Å². The molecule has 3 aromatic rings. The number of benzene rings is 2. The molecule has 0 amide bonds. The molecule has 2 saturated heterocycles. The minimum atomic E-state index is -1.94. The van der Waals surface area contributed by atoms with Gasteiger partial charge < -0.3 is 69.0 Å². The Labute approximate surface area is 260 Å². The van der Waals surface area contributed by atoms with E-state index in [9.17, 15) is 50.4 Å². The summed E-state index contributed by atoms with van der Waals surface area (Å²) in [6.07, 6.45) is -17.4. The van der Waals surface area contributed by atoms with E-state index in [1.165, 1.54) is 7.11 Å². The van der Waals surface area contributed by atoms with Crippen LogP contribution in [0.4, 0.5) is 0 Å². The molecule has 10 unspecified atom stereocenters. The monoisotopic (exact) mass is 650 g/mol. The third-order valence-electron chi connectivity index (χ3n) is 7.90. The van der Waals surface area contributed by atoms with Crippen molar-refractivity contribution >= 4 is 16.9 Å². The van der Waals surface area contributed by atoms with Crippen molar-refractivity contribution in [2.45, 2.75) is 68.1 Å². The Hall–Kier alpha value is -3.84. The molecule has 2 aliphatic heterocycles. The predicted octanol–water partition coefficient (Wildman–Crippen LogP) is -1.56. The number of aromatic hydroxyl groups is 1. The van der Waals surface area contributed by atoms with Gasteiger partial charge in [-0.1, -0.05) is 0 Å². The van der Waals surface area contributed by atoms with Gasteiger partial charge in [-0.05, 0) is 24.3 Å². The van der Waals surface area contributed by atoms with Crippen molar-refractivity contribution in [3.8, 4) is 28.6 Å². The third-order valence-corrected chi connectivity index (χ3v) is 7.90. The summed E-state index contributed by atoms with van der Waals surface area (Å²) in [5.74, 6) is -1.39. The van der Waals surface area contributed by atoms with Crippen molar-refractivity contribution in [3.63, 3.8) is 0 Å². The van der Waals surface area contributed by atoms with Crippen molar-refractivity contribution in [1.29, 1.82) is 0 Å². The number of methoxy groups -OCH3 is 1. The van der Waals surface area contributed by atoms with E-state index in [0.717, 1.165) is 19.1 Å². The van der Waals surface area contributed by atoms with Crippen LogP contribution in [-0.4, -0.2) is 122 Å². The Balaban J connectivity index is 1.71. The second-order valence-electron chi connectivity index (χ2n) is 10.9. The molecule has 0 radical (unpaired) electrons. The summed E-state index contributed by atoms with van der Waals surface area (Å²) in [6.45, 7) is -0.239. The number of aliphatic hydroxyl groups excluding tert-OH is 7. The molecule has 16 nitrogen and oxygen atoms in total. The van der Waals surface area contributed by atoms with Crippen LogP contribution >= 0.6 is 0 Å². The lowest BCUT2D eigenvalue weighted by Gasteiger charge is -2.42. The average molecular weight is 651 g/mol. The van der Waals surface area contributed by atoms with Crippen LogP contribution in [0.1, 0.15) is 18.6 Å². The zero-order valence-electron chi connectivity index (χ0n) is 24.5.